The molecular weight excluding hydrogens is 342 g/mol. The van der Waals surface area contributed by atoms with Crippen molar-refractivity contribution in [3.63, 3.8) is 0 Å². The lowest BCUT2D eigenvalue weighted by Crippen LogP contribution is -2.38. The Morgan fingerprint density at radius 3 is 2.81 bits per heavy atom. The van der Waals surface area contributed by atoms with Crippen LogP contribution in [-0.4, -0.2) is 38.7 Å². The van der Waals surface area contributed by atoms with Crippen molar-refractivity contribution in [2.75, 3.05) is 12.3 Å². The van der Waals surface area contributed by atoms with E-state index in [1.54, 1.807) is 11.8 Å². The average molecular weight is 372 g/mol. The van der Waals surface area contributed by atoms with Gasteiger partial charge in [0, 0.05) is 19.1 Å². The number of fused-ring (bicyclic) bond motifs is 3. The zero-order valence-electron chi connectivity index (χ0n) is 16.3. The molecule has 2 bridgehead atoms. The van der Waals surface area contributed by atoms with Crippen molar-refractivity contribution < 1.29 is 4.79 Å². The highest BCUT2D eigenvalue weighted by atomic mass is 32.2. The second kappa shape index (κ2) is 6.29. The second-order valence-corrected chi connectivity index (χ2v) is 10.1. The summed E-state index contributed by atoms with van der Waals surface area (Å²) in [5.74, 6) is 0.757. The minimum absolute atomic E-state index is 0.274. The fourth-order valence-electron chi connectivity index (χ4n) is 5.43. The second-order valence-electron chi connectivity index (χ2n) is 9.15. The molecule has 4 nitrogen and oxygen atoms in total. The van der Waals surface area contributed by atoms with Crippen molar-refractivity contribution in [2.45, 2.75) is 64.7 Å². The Labute approximate surface area is 160 Å². The molecule has 4 rings (SSSR count). The number of aromatic nitrogens is 2. The molecule has 5 heteroatoms. The van der Waals surface area contributed by atoms with Gasteiger partial charge in [-0.25, -0.2) is 4.98 Å². The van der Waals surface area contributed by atoms with E-state index in [2.05, 4.69) is 43.2 Å². The largest absolute Gasteiger partial charge is 0.338 e. The Kier molecular flexibility index (Phi) is 4.33. The van der Waals surface area contributed by atoms with Crippen LogP contribution in [0.2, 0.25) is 0 Å². The van der Waals surface area contributed by atoms with Crippen LogP contribution < -0.4 is 0 Å². The SMILES string of the molecule is CCn1c(SCC(=O)N2C[C@@]3(C)C[C@@H]2CC(C)(C)C3)nc2ccccc21. The predicted octanol–water partition coefficient (Wildman–Crippen LogP) is 4.58. The van der Waals surface area contributed by atoms with E-state index in [-0.39, 0.29) is 5.91 Å². The zero-order chi connectivity index (χ0) is 18.5. The molecule has 1 aliphatic carbocycles. The highest BCUT2D eigenvalue weighted by Gasteiger charge is 2.50. The van der Waals surface area contributed by atoms with E-state index in [0.29, 0.717) is 22.6 Å². The summed E-state index contributed by atoms with van der Waals surface area (Å²) >= 11 is 1.59. The first-order valence-corrected chi connectivity index (χ1v) is 10.7. The molecule has 2 atom stereocenters. The molecule has 26 heavy (non-hydrogen) atoms. The van der Waals surface area contributed by atoms with Crippen molar-refractivity contribution in [3.8, 4) is 0 Å². The third-order valence-corrected chi connectivity index (χ3v) is 6.96. The molecular formula is C21H29N3OS. The van der Waals surface area contributed by atoms with Gasteiger partial charge >= 0.3 is 0 Å². The molecule has 0 radical (unpaired) electrons. The van der Waals surface area contributed by atoms with E-state index in [1.807, 2.05) is 18.2 Å². The van der Waals surface area contributed by atoms with Crippen LogP contribution in [0.3, 0.4) is 0 Å². The summed E-state index contributed by atoms with van der Waals surface area (Å²) in [5, 5.41) is 0.954. The Balaban J connectivity index is 1.48. The number of hydrogen-bond acceptors (Lipinski definition) is 3. The maximum Gasteiger partial charge on any atom is 0.233 e. The summed E-state index contributed by atoms with van der Waals surface area (Å²) in [6.45, 7) is 11.0. The quantitative estimate of drug-likeness (QED) is 0.739. The molecule has 2 aromatic rings. The predicted molar refractivity (Wildman–Crippen MR) is 107 cm³/mol. The van der Waals surface area contributed by atoms with E-state index in [9.17, 15) is 4.79 Å². The number of rotatable bonds is 4. The van der Waals surface area contributed by atoms with Gasteiger partial charge in [0.15, 0.2) is 5.16 Å². The molecule has 0 N–H and O–H groups in total. The minimum atomic E-state index is 0.274. The van der Waals surface area contributed by atoms with Crippen LogP contribution in [0, 0.1) is 10.8 Å². The lowest BCUT2D eigenvalue weighted by molar-refractivity contribution is -0.129. The van der Waals surface area contributed by atoms with Gasteiger partial charge in [-0.05, 0) is 49.1 Å². The van der Waals surface area contributed by atoms with Gasteiger partial charge in [0.25, 0.3) is 0 Å². The maximum absolute atomic E-state index is 13.0. The lowest BCUT2D eigenvalue weighted by Gasteiger charge is -2.39. The molecule has 1 amide bonds. The summed E-state index contributed by atoms with van der Waals surface area (Å²) in [7, 11) is 0. The molecule has 2 fully saturated rings. The monoisotopic (exact) mass is 371 g/mol. The third kappa shape index (κ3) is 3.15. The number of likely N-dealkylation sites (tertiary alicyclic amines) is 1. The molecule has 1 saturated heterocycles. The first-order chi connectivity index (χ1) is 12.3. The van der Waals surface area contributed by atoms with Crippen molar-refractivity contribution in [1.82, 2.24) is 14.5 Å². The highest BCUT2D eigenvalue weighted by Crippen LogP contribution is 2.52. The van der Waals surface area contributed by atoms with Crippen molar-refractivity contribution >= 4 is 28.7 Å². The van der Waals surface area contributed by atoms with Gasteiger partial charge in [0.1, 0.15) is 0 Å². The number of thioether (sulfide) groups is 1. The Bertz CT molecular complexity index is 843. The van der Waals surface area contributed by atoms with Gasteiger partial charge < -0.3 is 9.47 Å². The summed E-state index contributed by atoms with van der Waals surface area (Å²) in [6, 6.07) is 8.62. The molecule has 2 aliphatic rings. The molecule has 140 valence electrons. The standard InChI is InChI=1S/C21H29N3OS/c1-5-23-17-9-7-6-8-16(17)22-19(23)26-12-18(25)24-14-21(4)11-15(24)10-20(2,3)13-21/h6-9,15H,5,10-14H2,1-4H3/t15-,21-/m0/s1. The Morgan fingerprint density at radius 1 is 1.27 bits per heavy atom. The van der Waals surface area contributed by atoms with Crippen molar-refractivity contribution in [1.29, 1.82) is 0 Å². The molecule has 2 heterocycles. The minimum Gasteiger partial charge on any atom is -0.338 e. The van der Waals surface area contributed by atoms with Gasteiger partial charge in [-0.1, -0.05) is 44.7 Å². The van der Waals surface area contributed by atoms with Gasteiger partial charge in [-0.3, -0.25) is 4.79 Å². The zero-order valence-corrected chi connectivity index (χ0v) is 17.1. The van der Waals surface area contributed by atoms with E-state index >= 15 is 0 Å². The van der Waals surface area contributed by atoms with Gasteiger partial charge in [0.05, 0.1) is 16.8 Å². The average Bonchev–Trinajstić information content (AvgIpc) is 3.05. The third-order valence-electron chi connectivity index (χ3n) is 6.00. The van der Waals surface area contributed by atoms with Crippen LogP contribution in [0.15, 0.2) is 29.4 Å². The van der Waals surface area contributed by atoms with E-state index in [1.165, 1.54) is 12.8 Å². The van der Waals surface area contributed by atoms with E-state index in [4.69, 9.17) is 4.98 Å². The maximum atomic E-state index is 13.0. The Morgan fingerprint density at radius 2 is 2.04 bits per heavy atom. The fourth-order valence-corrected chi connectivity index (χ4v) is 6.39. The fraction of sp³-hybridized carbons (Fsp3) is 0.619. The first-order valence-electron chi connectivity index (χ1n) is 9.68. The topological polar surface area (TPSA) is 38.1 Å². The van der Waals surface area contributed by atoms with Crippen molar-refractivity contribution in [2.24, 2.45) is 10.8 Å². The molecule has 1 aliphatic heterocycles. The summed E-state index contributed by atoms with van der Waals surface area (Å²) in [5.41, 5.74) is 2.80. The van der Waals surface area contributed by atoms with E-state index in [0.717, 1.165) is 35.7 Å². The number of carbonyl (C=O) groups is 1. The van der Waals surface area contributed by atoms with Crippen LogP contribution in [0.1, 0.15) is 47.0 Å². The molecule has 0 spiro atoms. The molecule has 1 aromatic heterocycles. The number of benzene rings is 1. The number of hydrogen-bond donors (Lipinski definition) is 0. The summed E-state index contributed by atoms with van der Waals surface area (Å²) in [4.78, 5) is 19.9. The van der Waals surface area contributed by atoms with E-state index < -0.39 is 0 Å². The summed E-state index contributed by atoms with van der Waals surface area (Å²) in [6.07, 6.45) is 3.52. The number of nitrogens with zero attached hydrogens (tertiary/aromatic N) is 3. The Hall–Kier alpha value is -1.49. The van der Waals surface area contributed by atoms with Crippen LogP contribution in [0.25, 0.3) is 11.0 Å². The smallest absolute Gasteiger partial charge is 0.233 e. The summed E-state index contributed by atoms with van der Waals surface area (Å²) < 4.78 is 2.21. The van der Waals surface area contributed by atoms with Crippen LogP contribution in [-0.2, 0) is 11.3 Å². The number of amides is 1. The molecule has 0 unspecified atom stereocenters. The lowest BCUT2D eigenvalue weighted by atomic mass is 9.65. The van der Waals surface area contributed by atoms with Gasteiger partial charge in [0.2, 0.25) is 5.91 Å². The van der Waals surface area contributed by atoms with Gasteiger partial charge in [-0.2, -0.15) is 0 Å². The first kappa shape index (κ1) is 17.9. The van der Waals surface area contributed by atoms with Crippen LogP contribution in [0.5, 0.6) is 0 Å². The number of imidazole rings is 1. The normalized spacial score (nSPS) is 27.2. The molecule has 1 saturated carbocycles. The van der Waals surface area contributed by atoms with Gasteiger partial charge in [-0.15, -0.1) is 0 Å². The number of para-hydroxylation sites is 2. The molecule has 1 aromatic carbocycles. The van der Waals surface area contributed by atoms with Crippen molar-refractivity contribution in [3.05, 3.63) is 24.3 Å². The van der Waals surface area contributed by atoms with Crippen LogP contribution in [0.4, 0.5) is 0 Å². The van der Waals surface area contributed by atoms with Crippen LogP contribution >= 0.6 is 11.8 Å². The number of aryl methyl sites for hydroxylation is 1. The number of carbonyl (C=O) groups excluding carboxylic acids is 1. The highest BCUT2D eigenvalue weighted by molar-refractivity contribution is 7.99.